The summed E-state index contributed by atoms with van der Waals surface area (Å²) in [5.41, 5.74) is 2.61. The monoisotopic (exact) mass is 439 g/mol. The van der Waals surface area contributed by atoms with Gasteiger partial charge >= 0.3 is 0 Å². The molecule has 2 aliphatic carbocycles. The Morgan fingerprint density at radius 3 is 2.71 bits per heavy atom. The van der Waals surface area contributed by atoms with Gasteiger partial charge in [0.1, 0.15) is 11.4 Å². The summed E-state index contributed by atoms with van der Waals surface area (Å²) < 4.78 is 0. The molecule has 0 radical (unpaired) electrons. The van der Waals surface area contributed by atoms with Gasteiger partial charge in [0.25, 0.3) is 5.91 Å². The number of nitrogens with zero attached hydrogens (tertiary/aromatic N) is 3. The van der Waals surface area contributed by atoms with E-state index in [4.69, 9.17) is 16.6 Å². The molecule has 1 saturated heterocycles. The third kappa shape index (κ3) is 4.64. The highest BCUT2D eigenvalue weighted by molar-refractivity contribution is 6.31. The highest BCUT2D eigenvalue weighted by atomic mass is 35.5. The first-order valence-electron chi connectivity index (χ1n) is 11.5. The first-order valence-corrected chi connectivity index (χ1v) is 11.9. The van der Waals surface area contributed by atoms with E-state index < -0.39 is 0 Å². The molecule has 2 aromatic rings. The molecule has 164 valence electrons. The fourth-order valence-electron chi connectivity index (χ4n) is 4.83. The van der Waals surface area contributed by atoms with E-state index in [9.17, 15) is 4.79 Å². The number of hydrogen-bond acceptors (Lipinski definition) is 5. The smallest absolute Gasteiger partial charge is 0.256 e. The zero-order valence-corrected chi connectivity index (χ0v) is 18.8. The van der Waals surface area contributed by atoms with Crippen molar-refractivity contribution >= 4 is 29.3 Å². The van der Waals surface area contributed by atoms with Crippen LogP contribution in [0.5, 0.6) is 0 Å². The average molecular weight is 440 g/mol. The van der Waals surface area contributed by atoms with Crippen LogP contribution < -0.4 is 15.5 Å². The van der Waals surface area contributed by atoms with Gasteiger partial charge in [0, 0.05) is 36.9 Å². The topological polar surface area (TPSA) is 70.2 Å². The van der Waals surface area contributed by atoms with Crippen LogP contribution in [0.25, 0.3) is 0 Å². The van der Waals surface area contributed by atoms with Crippen molar-refractivity contribution in [1.82, 2.24) is 15.3 Å². The number of aromatic nitrogens is 2. The van der Waals surface area contributed by atoms with Crippen LogP contribution in [0.4, 0.5) is 11.8 Å². The maximum atomic E-state index is 13.1. The zero-order chi connectivity index (χ0) is 21.4. The van der Waals surface area contributed by atoms with Crippen LogP contribution in [-0.4, -0.2) is 35.0 Å². The van der Waals surface area contributed by atoms with Crippen molar-refractivity contribution in [2.45, 2.75) is 58.0 Å². The van der Waals surface area contributed by atoms with Gasteiger partial charge < -0.3 is 15.5 Å². The maximum absolute atomic E-state index is 13.1. The van der Waals surface area contributed by atoms with E-state index in [1.54, 1.807) is 6.20 Å². The van der Waals surface area contributed by atoms with Crippen LogP contribution in [0.2, 0.25) is 5.02 Å². The maximum Gasteiger partial charge on any atom is 0.256 e. The van der Waals surface area contributed by atoms with E-state index in [1.165, 1.54) is 25.7 Å². The van der Waals surface area contributed by atoms with Crippen LogP contribution >= 0.6 is 11.6 Å². The fraction of sp³-hybridized carbons (Fsp3) is 0.542. The number of piperidine rings is 1. The molecule has 2 saturated carbocycles. The Hall–Kier alpha value is -2.34. The summed E-state index contributed by atoms with van der Waals surface area (Å²) in [6.07, 6.45) is 8.73. The Kier molecular flexibility index (Phi) is 5.74. The number of carbonyl (C=O) groups is 1. The summed E-state index contributed by atoms with van der Waals surface area (Å²) in [6.45, 7) is 4.58. The van der Waals surface area contributed by atoms with Gasteiger partial charge in [-0.1, -0.05) is 43.0 Å². The van der Waals surface area contributed by atoms with Gasteiger partial charge in [0.15, 0.2) is 0 Å². The van der Waals surface area contributed by atoms with Crippen LogP contribution in [0.15, 0.2) is 24.4 Å². The summed E-state index contributed by atoms with van der Waals surface area (Å²) in [5.74, 6) is 2.81. The van der Waals surface area contributed by atoms with Gasteiger partial charge in [-0.15, -0.1) is 0 Å². The lowest BCUT2D eigenvalue weighted by Crippen LogP contribution is -2.37. The number of hydrogen-bond donors (Lipinski definition) is 2. The predicted octanol–water partition coefficient (Wildman–Crippen LogP) is 4.57. The minimum absolute atomic E-state index is 0.0906. The van der Waals surface area contributed by atoms with Crippen molar-refractivity contribution in [3.63, 3.8) is 0 Å². The molecule has 1 aromatic carbocycles. The molecular weight excluding hydrogens is 410 g/mol. The van der Waals surface area contributed by atoms with E-state index in [0.717, 1.165) is 53.9 Å². The van der Waals surface area contributed by atoms with Gasteiger partial charge in [-0.05, 0) is 55.2 Å². The average Bonchev–Trinajstić information content (AvgIpc) is 3.39. The van der Waals surface area contributed by atoms with E-state index in [0.29, 0.717) is 23.9 Å². The number of benzene rings is 1. The molecular formula is C24H30ClN5O. The largest absolute Gasteiger partial charge is 0.365 e. The Balaban J connectivity index is 1.36. The molecule has 1 aliphatic heterocycles. The summed E-state index contributed by atoms with van der Waals surface area (Å²) in [5, 5.41) is 7.33. The van der Waals surface area contributed by atoms with Gasteiger partial charge in [-0.25, -0.2) is 4.98 Å². The lowest BCUT2D eigenvalue weighted by Gasteiger charge is -2.24. The summed E-state index contributed by atoms with van der Waals surface area (Å²) in [4.78, 5) is 24.7. The van der Waals surface area contributed by atoms with E-state index in [-0.39, 0.29) is 11.9 Å². The minimum Gasteiger partial charge on any atom is -0.365 e. The lowest BCUT2D eigenvalue weighted by molar-refractivity contribution is 0.0928. The quantitative estimate of drug-likeness (QED) is 0.689. The first-order chi connectivity index (χ1) is 15.1. The molecule has 5 rings (SSSR count). The van der Waals surface area contributed by atoms with Crippen molar-refractivity contribution in [2.24, 2.45) is 11.8 Å². The Bertz CT molecular complexity index is 964. The minimum atomic E-state index is -0.0906. The summed E-state index contributed by atoms with van der Waals surface area (Å²) in [7, 11) is 0. The van der Waals surface area contributed by atoms with Gasteiger partial charge in [-0.3, -0.25) is 4.79 Å². The molecule has 3 fully saturated rings. The van der Waals surface area contributed by atoms with Gasteiger partial charge in [0.2, 0.25) is 5.95 Å². The van der Waals surface area contributed by atoms with Crippen molar-refractivity contribution in [2.75, 3.05) is 23.3 Å². The molecule has 1 aromatic heterocycles. The zero-order valence-electron chi connectivity index (χ0n) is 18.0. The Morgan fingerprint density at radius 1 is 1.19 bits per heavy atom. The number of halogens is 1. The van der Waals surface area contributed by atoms with Crippen molar-refractivity contribution in [3.05, 3.63) is 46.1 Å². The number of nitrogens with one attached hydrogen (secondary N) is 2. The first kappa shape index (κ1) is 20.6. The molecule has 7 heteroatoms. The molecule has 2 atom stereocenters. The second-order valence-electron chi connectivity index (χ2n) is 9.34. The van der Waals surface area contributed by atoms with Crippen LogP contribution in [-0.2, 0) is 6.54 Å². The summed E-state index contributed by atoms with van der Waals surface area (Å²) >= 11 is 6.29. The third-order valence-electron chi connectivity index (χ3n) is 6.92. The highest BCUT2D eigenvalue weighted by Crippen LogP contribution is 2.45. The third-order valence-corrected chi connectivity index (χ3v) is 7.33. The number of aryl methyl sites for hydroxylation is 1. The predicted molar refractivity (Wildman–Crippen MR) is 124 cm³/mol. The fourth-order valence-corrected chi connectivity index (χ4v) is 5.03. The molecule has 6 nitrogen and oxygen atoms in total. The molecule has 3 aliphatic rings. The Labute approximate surface area is 188 Å². The Morgan fingerprint density at radius 2 is 1.97 bits per heavy atom. The van der Waals surface area contributed by atoms with Crippen molar-refractivity contribution < 1.29 is 4.79 Å². The summed E-state index contributed by atoms with van der Waals surface area (Å²) in [6, 6.07) is 6.27. The number of anilines is 2. The number of amides is 1. The molecule has 1 amide bonds. The van der Waals surface area contributed by atoms with E-state index in [1.807, 2.05) is 25.1 Å². The number of fused-ring (bicyclic) bond motifs is 1. The molecule has 0 bridgehead atoms. The van der Waals surface area contributed by atoms with Crippen LogP contribution in [0.1, 0.15) is 60.0 Å². The van der Waals surface area contributed by atoms with Crippen LogP contribution in [0.3, 0.4) is 0 Å². The second-order valence-corrected chi connectivity index (χ2v) is 9.75. The molecule has 2 unspecified atom stereocenters. The van der Waals surface area contributed by atoms with E-state index in [2.05, 4.69) is 20.5 Å². The van der Waals surface area contributed by atoms with Crippen molar-refractivity contribution in [1.29, 1.82) is 0 Å². The standard InChI is InChI=1S/C24H30ClN5O/c1-15-7-8-16(9-21(15)25)11-26-22-20(23(31)28-19-5-3-2-4-6-19)12-27-24(29-22)30-13-17-10-18(17)14-30/h7-9,12,17-19H,2-6,10-11,13-14H2,1H3,(H,28,31)(H,26,27,29). The lowest BCUT2D eigenvalue weighted by atomic mass is 9.95. The number of rotatable bonds is 6. The second kappa shape index (κ2) is 8.65. The van der Waals surface area contributed by atoms with Gasteiger partial charge in [-0.2, -0.15) is 4.98 Å². The SMILES string of the molecule is Cc1ccc(CNc2nc(N3CC4CC4C3)ncc2C(=O)NC2CCCCC2)cc1Cl. The molecule has 0 spiro atoms. The molecule has 2 heterocycles. The number of carbonyl (C=O) groups excluding carboxylic acids is 1. The molecule has 2 N–H and O–H groups in total. The molecule has 31 heavy (non-hydrogen) atoms. The van der Waals surface area contributed by atoms with Crippen molar-refractivity contribution in [3.8, 4) is 0 Å². The van der Waals surface area contributed by atoms with E-state index >= 15 is 0 Å². The normalized spacial score (nSPS) is 22.8. The van der Waals surface area contributed by atoms with Crippen LogP contribution in [0, 0.1) is 18.8 Å². The van der Waals surface area contributed by atoms with Gasteiger partial charge in [0.05, 0.1) is 0 Å². The highest BCUT2D eigenvalue weighted by Gasteiger charge is 2.46.